The molecule has 34 heavy (non-hydrogen) atoms. The van der Waals surface area contributed by atoms with Gasteiger partial charge >= 0.3 is 0 Å². The van der Waals surface area contributed by atoms with Crippen LogP contribution in [0.25, 0.3) is 0 Å². The van der Waals surface area contributed by atoms with E-state index in [0.717, 1.165) is 10.6 Å². The number of methoxy groups -OCH3 is 2. The van der Waals surface area contributed by atoms with Crippen molar-refractivity contribution < 1.29 is 22.7 Å². The quantitative estimate of drug-likeness (QED) is 0.383. The molecule has 0 aliphatic carbocycles. The second kappa shape index (κ2) is 10.7. The summed E-state index contributed by atoms with van der Waals surface area (Å²) in [6, 6.07) is 14.1. The third-order valence-corrected chi connectivity index (χ3v) is 6.59. The third-order valence-electron chi connectivity index (χ3n) is 4.78. The van der Waals surface area contributed by atoms with Gasteiger partial charge in [-0.1, -0.05) is 46.9 Å². The van der Waals surface area contributed by atoms with Crippen molar-refractivity contribution in [3.63, 3.8) is 0 Å². The highest BCUT2D eigenvalue weighted by Crippen LogP contribution is 2.37. The average molecular weight is 544 g/mol. The fourth-order valence-corrected chi connectivity index (χ4v) is 4.76. The van der Waals surface area contributed by atoms with Crippen LogP contribution in [0.2, 0.25) is 15.1 Å². The molecule has 0 unspecified atom stereocenters. The van der Waals surface area contributed by atoms with E-state index in [1.807, 2.05) is 0 Å². The average Bonchev–Trinajstić information content (AvgIpc) is 2.76. The summed E-state index contributed by atoms with van der Waals surface area (Å²) in [5.74, 6) is -0.0934. The lowest BCUT2D eigenvalue weighted by Gasteiger charge is -2.26. The van der Waals surface area contributed by atoms with Gasteiger partial charge in [0.15, 0.2) is 11.5 Å². The molecule has 1 N–H and O–H groups in total. The number of nitrogens with one attached hydrogen (secondary N) is 1. The maximum Gasteiger partial charge on any atom is 0.257 e. The van der Waals surface area contributed by atoms with E-state index in [0.29, 0.717) is 26.3 Å². The van der Waals surface area contributed by atoms with E-state index < -0.39 is 15.9 Å². The number of sulfonamides is 1. The van der Waals surface area contributed by atoms with Gasteiger partial charge in [-0.3, -0.25) is 9.10 Å². The van der Waals surface area contributed by atoms with E-state index in [1.165, 1.54) is 44.6 Å². The van der Waals surface area contributed by atoms with Gasteiger partial charge < -0.3 is 14.8 Å². The number of anilines is 2. The number of amides is 1. The van der Waals surface area contributed by atoms with Gasteiger partial charge in [-0.25, -0.2) is 8.42 Å². The van der Waals surface area contributed by atoms with Gasteiger partial charge in [0.2, 0.25) is 10.0 Å². The lowest BCUT2D eigenvalue weighted by Crippen LogP contribution is -2.31. The number of nitrogens with zero attached hydrogens (tertiary/aromatic N) is 1. The van der Waals surface area contributed by atoms with Crippen LogP contribution in [0, 0.1) is 0 Å². The van der Waals surface area contributed by atoms with Gasteiger partial charge in [0.05, 0.1) is 38.3 Å². The van der Waals surface area contributed by atoms with Gasteiger partial charge in [-0.05, 0) is 42.0 Å². The minimum absolute atomic E-state index is 0.0353. The Balaban J connectivity index is 2.14. The Morgan fingerprint density at radius 2 is 1.44 bits per heavy atom. The van der Waals surface area contributed by atoms with Gasteiger partial charge in [0.25, 0.3) is 5.91 Å². The zero-order valence-electron chi connectivity index (χ0n) is 18.4. The highest BCUT2D eigenvalue weighted by atomic mass is 35.5. The first-order chi connectivity index (χ1) is 16.0. The Hall–Kier alpha value is -2.65. The number of carbonyl (C=O) groups is 1. The number of benzene rings is 3. The SMILES string of the molecule is COc1cc(C(=O)Nc2cc(Cl)cc(Cl)c2)c(N(Cc2ccc(Cl)cc2)S(C)(=O)=O)cc1OC. The first-order valence-corrected chi connectivity index (χ1v) is 12.8. The molecule has 0 heterocycles. The summed E-state index contributed by atoms with van der Waals surface area (Å²) >= 11 is 18.0. The Morgan fingerprint density at radius 3 is 1.97 bits per heavy atom. The van der Waals surface area contributed by atoms with Crippen LogP contribution in [0.4, 0.5) is 11.4 Å². The summed E-state index contributed by atoms with van der Waals surface area (Å²) in [6.45, 7) is -0.0469. The van der Waals surface area contributed by atoms with Crippen molar-refractivity contribution in [3.05, 3.63) is 80.8 Å². The van der Waals surface area contributed by atoms with Crippen molar-refractivity contribution >= 4 is 62.1 Å². The van der Waals surface area contributed by atoms with Crippen LogP contribution in [0.15, 0.2) is 54.6 Å². The molecule has 1 amide bonds. The Kier molecular flexibility index (Phi) is 8.20. The first-order valence-electron chi connectivity index (χ1n) is 9.77. The molecule has 180 valence electrons. The molecule has 11 heteroatoms. The van der Waals surface area contributed by atoms with Crippen LogP contribution in [-0.4, -0.2) is 34.8 Å². The maximum atomic E-state index is 13.3. The van der Waals surface area contributed by atoms with Crippen molar-refractivity contribution in [1.29, 1.82) is 0 Å². The number of carbonyl (C=O) groups excluding carboxylic acids is 1. The highest BCUT2D eigenvalue weighted by molar-refractivity contribution is 7.92. The molecule has 0 aliphatic rings. The monoisotopic (exact) mass is 542 g/mol. The van der Waals surface area contributed by atoms with E-state index in [1.54, 1.807) is 24.3 Å². The Bertz CT molecular complexity index is 1290. The van der Waals surface area contributed by atoms with E-state index >= 15 is 0 Å². The van der Waals surface area contributed by atoms with Crippen molar-refractivity contribution in [2.75, 3.05) is 30.1 Å². The number of halogens is 3. The molecule has 0 atom stereocenters. The minimum Gasteiger partial charge on any atom is -0.493 e. The van der Waals surface area contributed by atoms with Gasteiger partial charge in [-0.2, -0.15) is 0 Å². The van der Waals surface area contributed by atoms with Crippen LogP contribution >= 0.6 is 34.8 Å². The third kappa shape index (κ3) is 6.27. The largest absolute Gasteiger partial charge is 0.493 e. The number of hydrogen-bond donors (Lipinski definition) is 1. The second-order valence-corrected chi connectivity index (χ2v) is 10.4. The predicted molar refractivity (Wildman–Crippen MR) is 136 cm³/mol. The summed E-state index contributed by atoms with van der Waals surface area (Å²) < 4.78 is 37.5. The summed E-state index contributed by atoms with van der Waals surface area (Å²) in [7, 11) is -1.00. The summed E-state index contributed by atoms with van der Waals surface area (Å²) in [6.07, 6.45) is 1.05. The van der Waals surface area contributed by atoms with E-state index in [2.05, 4.69) is 5.32 Å². The predicted octanol–water partition coefficient (Wildman–Crippen LogP) is 5.88. The summed E-state index contributed by atoms with van der Waals surface area (Å²) in [4.78, 5) is 13.3. The van der Waals surface area contributed by atoms with Crippen molar-refractivity contribution in [2.24, 2.45) is 0 Å². The lowest BCUT2D eigenvalue weighted by molar-refractivity contribution is 0.102. The topological polar surface area (TPSA) is 84.9 Å². The van der Waals surface area contributed by atoms with E-state index in [4.69, 9.17) is 44.3 Å². The molecule has 3 rings (SSSR count). The van der Waals surface area contributed by atoms with Crippen LogP contribution in [0.5, 0.6) is 11.5 Å². The highest BCUT2D eigenvalue weighted by Gasteiger charge is 2.27. The fourth-order valence-electron chi connectivity index (χ4n) is 3.22. The van der Waals surface area contributed by atoms with Gasteiger partial charge in [0, 0.05) is 26.8 Å². The smallest absolute Gasteiger partial charge is 0.257 e. The van der Waals surface area contributed by atoms with Gasteiger partial charge in [0.1, 0.15) is 0 Å². The molecule has 0 saturated heterocycles. The molecule has 0 aromatic heterocycles. The zero-order chi connectivity index (χ0) is 25.0. The molecule has 0 saturated carbocycles. The molecule has 0 aliphatic heterocycles. The summed E-state index contributed by atoms with van der Waals surface area (Å²) in [5.41, 5.74) is 1.14. The van der Waals surface area contributed by atoms with Gasteiger partial charge in [-0.15, -0.1) is 0 Å². The second-order valence-electron chi connectivity index (χ2n) is 7.23. The molecule has 7 nitrogen and oxygen atoms in total. The van der Waals surface area contributed by atoms with Crippen molar-refractivity contribution in [2.45, 2.75) is 6.54 Å². The Labute approximate surface area is 213 Å². The maximum absolute atomic E-state index is 13.3. The molecule has 0 spiro atoms. The van der Waals surface area contributed by atoms with Crippen LogP contribution in [0.3, 0.4) is 0 Å². The van der Waals surface area contributed by atoms with Crippen LogP contribution in [-0.2, 0) is 16.6 Å². The first kappa shape index (κ1) is 26.0. The minimum atomic E-state index is -3.83. The molecule has 3 aromatic rings. The van der Waals surface area contributed by atoms with E-state index in [-0.39, 0.29) is 29.3 Å². The molecule has 0 fully saturated rings. The van der Waals surface area contributed by atoms with Crippen molar-refractivity contribution in [3.8, 4) is 11.5 Å². The number of rotatable bonds is 8. The lowest BCUT2D eigenvalue weighted by atomic mass is 10.1. The molecule has 3 aromatic carbocycles. The standard InChI is InChI=1S/C23H21Cl3N2O5S/c1-32-21-11-19(23(29)27-18-9-16(25)8-17(26)10-18)20(12-22(21)33-2)28(34(3,30)31)13-14-4-6-15(24)7-5-14/h4-12H,13H2,1-3H3,(H,27,29). The Morgan fingerprint density at radius 1 is 0.882 bits per heavy atom. The van der Waals surface area contributed by atoms with Crippen LogP contribution < -0.4 is 19.1 Å². The zero-order valence-corrected chi connectivity index (χ0v) is 21.5. The summed E-state index contributed by atoms with van der Waals surface area (Å²) in [5, 5.41) is 3.88. The number of ether oxygens (including phenoxy) is 2. The van der Waals surface area contributed by atoms with Crippen molar-refractivity contribution in [1.82, 2.24) is 0 Å². The molecule has 0 radical (unpaired) electrons. The van der Waals surface area contributed by atoms with E-state index in [9.17, 15) is 13.2 Å². The molecular weight excluding hydrogens is 523 g/mol. The normalized spacial score (nSPS) is 11.1. The fraction of sp³-hybridized carbons (Fsp3) is 0.174. The molecular formula is C23H21Cl3N2O5S. The van der Waals surface area contributed by atoms with Crippen LogP contribution in [0.1, 0.15) is 15.9 Å². The number of hydrogen-bond acceptors (Lipinski definition) is 5. The molecule has 0 bridgehead atoms.